The maximum Gasteiger partial charge on any atom is 0.410 e. The first-order chi connectivity index (χ1) is 12.2. The van der Waals surface area contributed by atoms with Crippen LogP contribution in [0.3, 0.4) is 0 Å². The molecule has 0 N–H and O–H groups in total. The lowest BCUT2D eigenvalue weighted by atomic mass is 9.98. The molecule has 0 bridgehead atoms. The average molecular weight is 362 g/mol. The van der Waals surface area contributed by atoms with E-state index in [0.29, 0.717) is 31.1 Å². The van der Waals surface area contributed by atoms with Crippen LogP contribution in [0.5, 0.6) is 0 Å². The molecule has 0 aliphatic carbocycles. The van der Waals surface area contributed by atoms with Crippen LogP contribution in [-0.4, -0.2) is 56.8 Å². The molecule has 1 fully saturated rings. The normalized spacial score (nSPS) is 18.7. The Hall–Kier alpha value is -2.05. The molecular formula is C19H30N4O3. The Balaban J connectivity index is 1.75. The summed E-state index contributed by atoms with van der Waals surface area (Å²) in [5, 5.41) is 4.50. The second kappa shape index (κ2) is 6.93. The van der Waals surface area contributed by atoms with Crippen LogP contribution in [0, 0.1) is 5.92 Å². The van der Waals surface area contributed by atoms with Crippen LogP contribution in [0.15, 0.2) is 0 Å². The van der Waals surface area contributed by atoms with Gasteiger partial charge in [0.1, 0.15) is 5.60 Å². The first-order valence-electron chi connectivity index (χ1n) is 9.47. The SMILES string of the molecule is CC1CCN(C(=O)c2nn(C)c3c2CCN(C(=O)OC(C)(C)C)C3)CC1. The Morgan fingerprint density at radius 2 is 1.77 bits per heavy atom. The minimum atomic E-state index is -0.518. The fourth-order valence-corrected chi connectivity index (χ4v) is 3.59. The van der Waals surface area contributed by atoms with E-state index in [-0.39, 0.29) is 12.0 Å². The standard InChI is InChI=1S/C19H30N4O3/c1-13-6-9-22(10-7-13)17(24)16-14-8-11-23(12-15(14)21(5)20-16)18(25)26-19(2,3)4/h13H,6-12H2,1-5H3. The van der Waals surface area contributed by atoms with E-state index in [1.807, 2.05) is 32.7 Å². The summed E-state index contributed by atoms with van der Waals surface area (Å²) in [5.41, 5.74) is 1.95. The maximum absolute atomic E-state index is 12.9. The van der Waals surface area contributed by atoms with Crippen LogP contribution in [0.4, 0.5) is 4.79 Å². The Morgan fingerprint density at radius 3 is 2.38 bits per heavy atom. The minimum absolute atomic E-state index is 0.0273. The van der Waals surface area contributed by atoms with Gasteiger partial charge in [0.25, 0.3) is 5.91 Å². The summed E-state index contributed by atoms with van der Waals surface area (Å²) in [4.78, 5) is 28.9. The van der Waals surface area contributed by atoms with Crippen LogP contribution in [-0.2, 0) is 24.8 Å². The molecule has 7 heteroatoms. The fourth-order valence-electron chi connectivity index (χ4n) is 3.59. The summed E-state index contributed by atoms with van der Waals surface area (Å²) in [6.07, 6.45) is 2.41. The van der Waals surface area contributed by atoms with Crippen molar-refractivity contribution >= 4 is 12.0 Å². The first-order valence-corrected chi connectivity index (χ1v) is 9.47. The van der Waals surface area contributed by atoms with E-state index in [1.54, 1.807) is 9.58 Å². The average Bonchev–Trinajstić information content (AvgIpc) is 2.90. The summed E-state index contributed by atoms with van der Waals surface area (Å²) < 4.78 is 7.22. The highest BCUT2D eigenvalue weighted by Crippen LogP contribution is 2.26. The summed E-state index contributed by atoms with van der Waals surface area (Å²) in [6.45, 7) is 10.4. The number of piperidine rings is 1. The van der Waals surface area contributed by atoms with Crippen molar-refractivity contribution < 1.29 is 14.3 Å². The third kappa shape index (κ3) is 3.86. The van der Waals surface area contributed by atoms with Crippen molar-refractivity contribution in [1.82, 2.24) is 19.6 Å². The van der Waals surface area contributed by atoms with Crippen molar-refractivity contribution in [1.29, 1.82) is 0 Å². The number of likely N-dealkylation sites (tertiary alicyclic amines) is 1. The molecule has 1 aromatic rings. The molecule has 26 heavy (non-hydrogen) atoms. The lowest BCUT2D eigenvalue weighted by Gasteiger charge is -2.31. The molecule has 3 heterocycles. The van der Waals surface area contributed by atoms with Crippen molar-refractivity contribution in [3.63, 3.8) is 0 Å². The lowest BCUT2D eigenvalue weighted by molar-refractivity contribution is 0.0219. The van der Waals surface area contributed by atoms with Gasteiger partial charge in [-0.3, -0.25) is 9.48 Å². The molecule has 3 rings (SSSR count). The number of carbonyl (C=O) groups excluding carboxylic acids is 2. The quantitative estimate of drug-likeness (QED) is 0.770. The third-order valence-corrected chi connectivity index (χ3v) is 5.17. The van der Waals surface area contributed by atoms with E-state index in [0.717, 1.165) is 37.2 Å². The number of nitrogens with zero attached hydrogens (tertiary/aromatic N) is 4. The van der Waals surface area contributed by atoms with Gasteiger partial charge in [-0.05, 0) is 46.0 Å². The highest BCUT2D eigenvalue weighted by atomic mass is 16.6. The van der Waals surface area contributed by atoms with Crippen molar-refractivity contribution in [2.75, 3.05) is 19.6 Å². The van der Waals surface area contributed by atoms with Gasteiger partial charge >= 0.3 is 6.09 Å². The molecule has 0 aromatic carbocycles. The molecule has 2 aliphatic rings. The zero-order chi connectivity index (χ0) is 19.1. The summed E-state index contributed by atoms with van der Waals surface area (Å²) in [6, 6.07) is 0. The molecule has 1 saturated heterocycles. The molecule has 2 amide bonds. The van der Waals surface area contributed by atoms with Gasteiger partial charge in [0, 0.05) is 32.2 Å². The molecular weight excluding hydrogens is 332 g/mol. The zero-order valence-corrected chi connectivity index (χ0v) is 16.5. The van der Waals surface area contributed by atoms with E-state index < -0.39 is 5.60 Å². The molecule has 1 aromatic heterocycles. The fraction of sp³-hybridized carbons (Fsp3) is 0.737. The second-order valence-corrected chi connectivity index (χ2v) is 8.52. The highest BCUT2D eigenvalue weighted by molar-refractivity contribution is 5.94. The summed E-state index contributed by atoms with van der Waals surface area (Å²) >= 11 is 0. The molecule has 144 valence electrons. The zero-order valence-electron chi connectivity index (χ0n) is 16.5. The van der Waals surface area contributed by atoms with Crippen molar-refractivity contribution in [2.45, 2.75) is 59.1 Å². The number of aromatic nitrogens is 2. The maximum atomic E-state index is 12.9. The van der Waals surface area contributed by atoms with Gasteiger partial charge < -0.3 is 14.5 Å². The number of fused-ring (bicyclic) bond motifs is 1. The predicted molar refractivity (Wildman–Crippen MR) is 97.9 cm³/mol. The number of ether oxygens (including phenoxy) is 1. The van der Waals surface area contributed by atoms with E-state index in [2.05, 4.69) is 12.0 Å². The highest BCUT2D eigenvalue weighted by Gasteiger charge is 2.33. The van der Waals surface area contributed by atoms with Gasteiger partial charge in [-0.25, -0.2) is 4.79 Å². The molecule has 2 aliphatic heterocycles. The molecule has 7 nitrogen and oxygen atoms in total. The van der Waals surface area contributed by atoms with Gasteiger partial charge in [0.2, 0.25) is 0 Å². The molecule has 0 spiro atoms. The Bertz CT molecular complexity index is 696. The van der Waals surface area contributed by atoms with Crippen LogP contribution in [0.2, 0.25) is 0 Å². The molecule has 0 unspecified atom stereocenters. The summed E-state index contributed by atoms with van der Waals surface area (Å²) in [5.74, 6) is 0.707. The van der Waals surface area contributed by atoms with Crippen molar-refractivity contribution in [3.05, 3.63) is 17.0 Å². The van der Waals surface area contributed by atoms with E-state index in [9.17, 15) is 9.59 Å². The number of hydrogen-bond donors (Lipinski definition) is 0. The van der Waals surface area contributed by atoms with Crippen LogP contribution >= 0.6 is 0 Å². The van der Waals surface area contributed by atoms with Gasteiger partial charge in [-0.2, -0.15) is 5.10 Å². The van der Waals surface area contributed by atoms with Gasteiger partial charge in [-0.1, -0.05) is 6.92 Å². The van der Waals surface area contributed by atoms with Crippen molar-refractivity contribution in [2.24, 2.45) is 13.0 Å². The Morgan fingerprint density at radius 1 is 1.12 bits per heavy atom. The Kier molecular flexibility index (Phi) is 4.99. The van der Waals surface area contributed by atoms with Gasteiger partial charge in [0.05, 0.1) is 12.2 Å². The molecule has 0 atom stereocenters. The second-order valence-electron chi connectivity index (χ2n) is 8.52. The number of carbonyl (C=O) groups is 2. The van der Waals surface area contributed by atoms with Crippen LogP contribution < -0.4 is 0 Å². The van der Waals surface area contributed by atoms with E-state index in [4.69, 9.17) is 4.74 Å². The number of rotatable bonds is 1. The largest absolute Gasteiger partial charge is 0.444 e. The van der Waals surface area contributed by atoms with E-state index in [1.165, 1.54) is 0 Å². The van der Waals surface area contributed by atoms with Crippen molar-refractivity contribution in [3.8, 4) is 0 Å². The smallest absolute Gasteiger partial charge is 0.410 e. The Labute approximate surface area is 155 Å². The third-order valence-electron chi connectivity index (χ3n) is 5.17. The number of aryl methyl sites for hydroxylation is 1. The topological polar surface area (TPSA) is 67.7 Å². The summed E-state index contributed by atoms with van der Waals surface area (Å²) in [7, 11) is 1.84. The van der Waals surface area contributed by atoms with E-state index >= 15 is 0 Å². The molecule has 0 radical (unpaired) electrons. The van der Waals surface area contributed by atoms with Crippen LogP contribution in [0.1, 0.15) is 62.3 Å². The monoisotopic (exact) mass is 362 g/mol. The predicted octanol–water partition coefficient (Wildman–Crippen LogP) is 2.59. The number of amides is 2. The minimum Gasteiger partial charge on any atom is -0.444 e. The van der Waals surface area contributed by atoms with Gasteiger partial charge in [0.15, 0.2) is 5.69 Å². The van der Waals surface area contributed by atoms with Crippen LogP contribution in [0.25, 0.3) is 0 Å². The number of hydrogen-bond acceptors (Lipinski definition) is 4. The first kappa shape index (κ1) is 18.7. The molecule has 0 saturated carbocycles. The lowest BCUT2D eigenvalue weighted by Crippen LogP contribution is -2.41. The van der Waals surface area contributed by atoms with Gasteiger partial charge in [-0.15, -0.1) is 0 Å².